The molecule has 1 rings (SSSR count). The molecule has 1 aromatic rings. The van der Waals surface area contributed by atoms with Gasteiger partial charge >= 0.3 is 12.0 Å². The first-order chi connectivity index (χ1) is 8.95. The van der Waals surface area contributed by atoms with E-state index in [-0.39, 0.29) is 17.0 Å². The van der Waals surface area contributed by atoms with E-state index in [0.29, 0.717) is 12.2 Å². The standard InChI is InChI=1S/C12H12ClN3O3/c1-16(6-2-5-14)12(19)15-10-4-3-8(11(17)18)7-9(10)13/h3-4,7H,2,6H2,1H3,(H,15,19)(H,17,18). The van der Waals surface area contributed by atoms with E-state index < -0.39 is 12.0 Å². The zero-order valence-corrected chi connectivity index (χ0v) is 10.9. The van der Waals surface area contributed by atoms with E-state index in [4.69, 9.17) is 22.0 Å². The van der Waals surface area contributed by atoms with Crippen LogP contribution in [-0.2, 0) is 0 Å². The van der Waals surface area contributed by atoms with Crippen molar-refractivity contribution >= 4 is 29.3 Å². The number of hydrogen-bond acceptors (Lipinski definition) is 3. The largest absolute Gasteiger partial charge is 0.478 e. The maximum absolute atomic E-state index is 11.7. The topological polar surface area (TPSA) is 93.4 Å². The highest BCUT2D eigenvalue weighted by Gasteiger charge is 2.12. The molecule has 0 saturated heterocycles. The zero-order chi connectivity index (χ0) is 14.4. The van der Waals surface area contributed by atoms with Crippen LogP contribution in [0, 0.1) is 11.3 Å². The van der Waals surface area contributed by atoms with Gasteiger partial charge in [-0.1, -0.05) is 11.6 Å². The highest BCUT2D eigenvalue weighted by molar-refractivity contribution is 6.34. The van der Waals surface area contributed by atoms with Crippen molar-refractivity contribution in [2.45, 2.75) is 6.42 Å². The van der Waals surface area contributed by atoms with Crippen molar-refractivity contribution in [1.82, 2.24) is 4.90 Å². The van der Waals surface area contributed by atoms with Gasteiger partial charge in [0, 0.05) is 13.6 Å². The number of aromatic carboxylic acids is 1. The number of nitrogens with zero attached hydrogens (tertiary/aromatic N) is 2. The second kappa shape index (κ2) is 6.61. The fraction of sp³-hybridized carbons (Fsp3) is 0.250. The molecule has 0 heterocycles. The average molecular weight is 282 g/mol. The van der Waals surface area contributed by atoms with Gasteiger partial charge in [-0.2, -0.15) is 5.26 Å². The number of carboxylic acid groups (broad SMARTS) is 1. The fourth-order valence-electron chi connectivity index (χ4n) is 1.28. The Morgan fingerprint density at radius 1 is 1.53 bits per heavy atom. The minimum Gasteiger partial charge on any atom is -0.478 e. The maximum atomic E-state index is 11.7. The smallest absolute Gasteiger partial charge is 0.335 e. The summed E-state index contributed by atoms with van der Waals surface area (Å²) in [6.45, 7) is 0.299. The van der Waals surface area contributed by atoms with Gasteiger partial charge in [-0.25, -0.2) is 9.59 Å². The second-order valence-electron chi connectivity index (χ2n) is 3.76. The van der Waals surface area contributed by atoms with Crippen LogP contribution in [0.5, 0.6) is 0 Å². The summed E-state index contributed by atoms with van der Waals surface area (Å²) in [5, 5.41) is 19.9. The van der Waals surface area contributed by atoms with Crippen LogP contribution in [0.3, 0.4) is 0 Å². The normalized spacial score (nSPS) is 9.53. The van der Waals surface area contributed by atoms with Gasteiger partial charge in [0.05, 0.1) is 28.8 Å². The molecule has 0 fully saturated rings. The molecule has 0 spiro atoms. The maximum Gasteiger partial charge on any atom is 0.335 e. The molecular weight excluding hydrogens is 270 g/mol. The van der Waals surface area contributed by atoms with Crippen molar-refractivity contribution < 1.29 is 14.7 Å². The molecule has 0 bridgehead atoms. The number of benzene rings is 1. The van der Waals surface area contributed by atoms with Crippen LogP contribution < -0.4 is 5.32 Å². The lowest BCUT2D eigenvalue weighted by Crippen LogP contribution is -2.32. The number of anilines is 1. The van der Waals surface area contributed by atoms with E-state index in [9.17, 15) is 9.59 Å². The van der Waals surface area contributed by atoms with Gasteiger partial charge in [-0.15, -0.1) is 0 Å². The quantitative estimate of drug-likeness (QED) is 0.886. The fourth-order valence-corrected chi connectivity index (χ4v) is 1.51. The summed E-state index contributed by atoms with van der Waals surface area (Å²) in [5.41, 5.74) is 0.362. The number of carbonyl (C=O) groups excluding carboxylic acids is 1. The van der Waals surface area contributed by atoms with E-state index in [1.165, 1.54) is 23.1 Å². The number of nitrogens with one attached hydrogen (secondary N) is 1. The van der Waals surface area contributed by atoms with Gasteiger partial charge in [0.15, 0.2) is 0 Å². The van der Waals surface area contributed by atoms with Crippen molar-refractivity contribution in [3.05, 3.63) is 28.8 Å². The summed E-state index contributed by atoms with van der Waals surface area (Å²) in [6.07, 6.45) is 0.232. The molecule has 2 N–H and O–H groups in total. The van der Waals surface area contributed by atoms with E-state index in [1.54, 1.807) is 7.05 Å². The summed E-state index contributed by atoms with van der Waals surface area (Å²) in [7, 11) is 1.55. The molecule has 0 atom stereocenters. The van der Waals surface area contributed by atoms with Gasteiger partial charge in [-0.05, 0) is 18.2 Å². The summed E-state index contributed by atoms with van der Waals surface area (Å²) < 4.78 is 0. The third-order valence-electron chi connectivity index (χ3n) is 2.36. The molecule has 1 aromatic carbocycles. The molecule has 7 heteroatoms. The first-order valence-corrected chi connectivity index (χ1v) is 5.75. The van der Waals surface area contributed by atoms with Crippen LogP contribution in [0.1, 0.15) is 16.8 Å². The van der Waals surface area contributed by atoms with Crippen molar-refractivity contribution in [3.8, 4) is 6.07 Å². The Hall–Kier alpha value is -2.26. The minimum atomic E-state index is -1.09. The summed E-state index contributed by atoms with van der Waals surface area (Å²) in [6, 6.07) is 5.54. The number of hydrogen-bond donors (Lipinski definition) is 2. The highest BCUT2D eigenvalue weighted by Crippen LogP contribution is 2.23. The van der Waals surface area contributed by atoms with Gasteiger partial charge in [-0.3, -0.25) is 0 Å². The Morgan fingerprint density at radius 2 is 2.21 bits per heavy atom. The predicted molar refractivity (Wildman–Crippen MR) is 70.3 cm³/mol. The molecule has 0 aliphatic rings. The molecule has 0 aliphatic heterocycles. The molecule has 0 aliphatic carbocycles. The number of carboxylic acids is 1. The van der Waals surface area contributed by atoms with Gasteiger partial charge in [0.25, 0.3) is 0 Å². The monoisotopic (exact) mass is 281 g/mol. The highest BCUT2D eigenvalue weighted by atomic mass is 35.5. The van der Waals surface area contributed by atoms with E-state index >= 15 is 0 Å². The molecule has 0 saturated carbocycles. The first kappa shape index (κ1) is 14.8. The third kappa shape index (κ3) is 4.16. The first-order valence-electron chi connectivity index (χ1n) is 5.37. The molecule has 0 aromatic heterocycles. The van der Waals surface area contributed by atoms with Crippen LogP contribution in [0.4, 0.5) is 10.5 Å². The number of carbonyl (C=O) groups is 2. The molecular formula is C12H12ClN3O3. The average Bonchev–Trinajstić information content (AvgIpc) is 2.37. The van der Waals surface area contributed by atoms with Crippen LogP contribution in [0.2, 0.25) is 5.02 Å². The Balaban J connectivity index is 2.75. The van der Waals surface area contributed by atoms with Crippen molar-refractivity contribution in [3.63, 3.8) is 0 Å². The SMILES string of the molecule is CN(CCC#N)C(=O)Nc1ccc(C(=O)O)cc1Cl. The van der Waals surface area contributed by atoms with Crippen molar-refractivity contribution in [1.29, 1.82) is 5.26 Å². The van der Waals surface area contributed by atoms with Crippen LogP contribution >= 0.6 is 11.6 Å². The minimum absolute atomic E-state index is 0.0424. The Labute approximate surface area is 115 Å². The Kier molecular flexibility index (Phi) is 5.15. The molecule has 19 heavy (non-hydrogen) atoms. The van der Waals surface area contributed by atoms with E-state index in [0.717, 1.165) is 0 Å². The number of halogens is 1. The number of urea groups is 1. The predicted octanol–water partition coefficient (Wildman–Crippen LogP) is 2.42. The summed E-state index contributed by atoms with van der Waals surface area (Å²) in [5.74, 6) is -1.09. The molecule has 0 unspecified atom stereocenters. The van der Waals surface area contributed by atoms with Crippen molar-refractivity contribution in [2.24, 2.45) is 0 Å². The number of rotatable bonds is 4. The third-order valence-corrected chi connectivity index (χ3v) is 2.68. The molecule has 0 radical (unpaired) electrons. The molecule has 100 valence electrons. The van der Waals surface area contributed by atoms with Gasteiger partial charge in [0.1, 0.15) is 0 Å². The Bertz CT molecular complexity index is 540. The van der Waals surface area contributed by atoms with Gasteiger partial charge in [0.2, 0.25) is 0 Å². The number of nitriles is 1. The van der Waals surface area contributed by atoms with Crippen LogP contribution in [0.15, 0.2) is 18.2 Å². The van der Waals surface area contributed by atoms with E-state index in [2.05, 4.69) is 5.32 Å². The lowest BCUT2D eigenvalue weighted by Gasteiger charge is -2.17. The molecule has 2 amide bonds. The van der Waals surface area contributed by atoms with Crippen molar-refractivity contribution in [2.75, 3.05) is 18.9 Å². The summed E-state index contributed by atoms with van der Waals surface area (Å²) in [4.78, 5) is 23.8. The summed E-state index contributed by atoms with van der Waals surface area (Å²) >= 11 is 5.88. The second-order valence-corrected chi connectivity index (χ2v) is 4.17. The van der Waals surface area contributed by atoms with Crippen LogP contribution in [0.25, 0.3) is 0 Å². The lowest BCUT2D eigenvalue weighted by atomic mass is 10.2. The van der Waals surface area contributed by atoms with E-state index in [1.807, 2.05) is 6.07 Å². The van der Waals surface area contributed by atoms with Crippen LogP contribution in [-0.4, -0.2) is 35.6 Å². The Morgan fingerprint density at radius 3 is 2.74 bits per heavy atom. The lowest BCUT2D eigenvalue weighted by molar-refractivity contribution is 0.0697. The zero-order valence-electron chi connectivity index (χ0n) is 10.2. The van der Waals surface area contributed by atoms with Gasteiger partial charge < -0.3 is 15.3 Å². The number of amides is 2. The molecule has 6 nitrogen and oxygen atoms in total.